The monoisotopic (exact) mass is 490 g/mol. The maximum absolute atomic E-state index is 13.3. The van der Waals surface area contributed by atoms with Gasteiger partial charge in [-0.2, -0.15) is 0 Å². The van der Waals surface area contributed by atoms with E-state index in [-0.39, 0.29) is 23.7 Å². The topological polar surface area (TPSA) is 143 Å². The lowest BCUT2D eigenvalue weighted by molar-refractivity contribution is -0.384. The Bertz CT molecular complexity index is 1190. The Hall–Kier alpha value is -3.41. The highest BCUT2D eigenvalue weighted by Crippen LogP contribution is 2.29. The largest absolute Gasteiger partial charge is 0.383 e. The van der Waals surface area contributed by atoms with Crippen LogP contribution in [0.15, 0.2) is 71.8 Å². The van der Waals surface area contributed by atoms with Gasteiger partial charge in [-0.15, -0.1) is 0 Å². The number of nitro benzene ring substituents is 1. The van der Waals surface area contributed by atoms with Crippen molar-refractivity contribution in [3.05, 3.63) is 82.0 Å². The molecule has 0 amide bonds. The van der Waals surface area contributed by atoms with Gasteiger partial charge in [-0.3, -0.25) is 14.4 Å². The average Bonchev–Trinajstić information content (AvgIpc) is 2.82. The third-order valence-electron chi connectivity index (χ3n) is 4.61. The van der Waals surface area contributed by atoms with Gasteiger partial charge in [0.05, 0.1) is 15.5 Å². The summed E-state index contributed by atoms with van der Waals surface area (Å²) in [6.45, 7) is 1.08. The van der Waals surface area contributed by atoms with Crippen molar-refractivity contribution in [2.24, 2.45) is 5.73 Å². The van der Waals surface area contributed by atoms with Crippen molar-refractivity contribution in [3.8, 4) is 0 Å². The van der Waals surface area contributed by atoms with Gasteiger partial charge in [0.25, 0.3) is 15.7 Å². The average molecular weight is 491 g/mol. The SMILES string of the molecule is NCCN(c1cccnc1NCCNc1ccc(Cl)cc1)S(=O)(=O)c1ccc([N+](=O)[O-])cc1. The van der Waals surface area contributed by atoms with Crippen molar-refractivity contribution in [3.63, 3.8) is 0 Å². The predicted molar refractivity (Wildman–Crippen MR) is 129 cm³/mol. The van der Waals surface area contributed by atoms with E-state index in [1.807, 2.05) is 12.1 Å². The van der Waals surface area contributed by atoms with Crippen LogP contribution in [0.1, 0.15) is 0 Å². The Morgan fingerprint density at radius 3 is 2.33 bits per heavy atom. The molecule has 1 heterocycles. The molecular formula is C21H23ClN6O4S. The maximum Gasteiger partial charge on any atom is 0.269 e. The van der Waals surface area contributed by atoms with E-state index in [0.29, 0.717) is 29.6 Å². The number of hydrogen-bond donors (Lipinski definition) is 3. The summed E-state index contributed by atoms with van der Waals surface area (Å²) < 4.78 is 27.8. The van der Waals surface area contributed by atoms with Gasteiger partial charge in [0.2, 0.25) is 0 Å². The number of non-ortho nitro benzene ring substituents is 1. The van der Waals surface area contributed by atoms with Crippen molar-refractivity contribution < 1.29 is 13.3 Å². The third kappa shape index (κ3) is 6.09. The molecule has 0 aliphatic rings. The van der Waals surface area contributed by atoms with Gasteiger partial charge in [0, 0.05) is 55.2 Å². The third-order valence-corrected chi connectivity index (χ3v) is 6.69. The Labute approximate surface area is 196 Å². The summed E-state index contributed by atoms with van der Waals surface area (Å²) in [6.07, 6.45) is 1.55. The molecule has 0 unspecified atom stereocenters. The highest BCUT2D eigenvalue weighted by molar-refractivity contribution is 7.92. The van der Waals surface area contributed by atoms with Crippen LogP contribution in [0, 0.1) is 10.1 Å². The second-order valence-electron chi connectivity index (χ2n) is 6.85. The van der Waals surface area contributed by atoms with E-state index in [2.05, 4.69) is 15.6 Å². The normalized spacial score (nSPS) is 11.1. The molecular weight excluding hydrogens is 468 g/mol. The molecule has 1 aromatic heterocycles. The number of rotatable bonds is 11. The smallest absolute Gasteiger partial charge is 0.269 e. The van der Waals surface area contributed by atoms with Gasteiger partial charge in [-0.1, -0.05) is 11.6 Å². The fourth-order valence-corrected chi connectivity index (χ4v) is 4.66. The van der Waals surface area contributed by atoms with Gasteiger partial charge in [0.1, 0.15) is 0 Å². The number of halogens is 1. The van der Waals surface area contributed by atoms with E-state index >= 15 is 0 Å². The molecule has 0 spiro atoms. The maximum atomic E-state index is 13.3. The molecule has 174 valence electrons. The van der Waals surface area contributed by atoms with Gasteiger partial charge in [-0.05, 0) is 48.5 Å². The van der Waals surface area contributed by atoms with Gasteiger partial charge >= 0.3 is 0 Å². The quantitative estimate of drug-likeness (QED) is 0.211. The molecule has 33 heavy (non-hydrogen) atoms. The van der Waals surface area contributed by atoms with E-state index < -0.39 is 14.9 Å². The number of hydrogen-bond acceptors (Lipinski definition) is 8. The molecule has 3 aromatic rings. The summed E-state index contributed by atoms with van der Waals surface area (Å²) in [5.41, 5.74) is 6.72. The molecule has 0 radical (unpaired) electrons. The lowest BCUT2D eigenvalue weighted by atomic mass is 10.3. The number of nitrogens with two attached hydrogens (primary N) is 1. The fraction of sp³-hybridized carbons (Fsp3) is 0.190. The molecule has 0 aliphatic carbocycles. The number of nitrogens with zero attached hydrogens (tertiary/aromatic N) is 3. The van der Waals surface area contributed by atoms with Crippen molar-refractivity contribution in [2.75, 3.05) is 41.1 Å². The number of benzene rings is 2. The molecule has 0 bridgehead atoms. The lowest BCUT2D eigenvalue weighted by Gasteiger charge is -2.26. The molecule has 0 saturated carbocycles. The van der Waals surface area contributed by atoms with Crippen LogP contribution in [-0.4, -0.2) is 44.5 Å². The molecule has 0 saturated heterocycles. The van der Waals surface area contributed by atoms with E-state index in [1.54, 1.807) is 30.5 Å². The van der Waals surface area contributed by atoms with E-state index in [0.717, 1.165) is 22.1 Å². The first-order valence-corrected chi connectivity index (χ1v) is 11.8. The van der Waals surface area contributed by atoms with Crippen LogP contribution in [0.4, 0.5) is 22.9 Å². The van der Waals surface area contributed by atoms with Crippen LogP contribution in [0.25, 0.3) is 0 Å². The molecule has 2 aromatic carbocycles. The second-order valence-corrected chi connectivity index (χ2v) is 9.15. The number of pyridine rings is 1. The highest BCUT2D eigenvalue weighted by atomic mass is 35.5. The molecule has 10 nitrogen and oxygen atoms in total. The predicted octanol–water partition coefficient (Wildman–Crippen LogP) is 3.32. The zero-order chi connectivity index (χ0) is 23.8. The minimum Gasteiger partial charge on any atom is -0.383 e. The van der Waals surface area contributed by atoms with E-state index in [4.69, 9.17) is 17.3 Å². The first kappa shape index (κ1) is 24.2. The van der Waals surface area contributed by atoms with Gasteiger partial charge in [0.15, 0.2) is 5.82 Å². The van der Waals surface area contributed by atoms with E-state index in [1.165, 1.54) is 12.1 Å². The summed E-state index contributed by atoms with van der Waals surface area (Å²) in [5, 5.41) is 17.9. The number of anilines is 3. The fourth-order valence-electron chi connectivity index (χ4n) is 3.04. The van der Waals surface area contributed by atoms with E-state index in [9.17, 15) is 18.5 Å². The van der Waals surface area contributed by atoms with Crippen molar-refractivity contribution >= 4 is 44.5 Å². The van der Waals surface area contributed by atoms with Crippen molar-refractivity contribution in [1.29, 1.82) is 0 Å². The summed E-state index contributed by atoms with van der Waals surface area (Å²) >= 11 is 5.89. The first-order chi connectivity index (χ1) is 15.8. The molecule has 12 heteroatoms. The molecule has 3 rings (SSSR count). The first-order valence-electron chi connectivity index (χ1n) is 9.98. The zero-order valence-corrected chi connectivity index (χ0v) is 19.1. The second kappa shape index (κ2) is 10.9. The Balaban J connectivity index is 1.78. The standard InChI is InChI=1S/C21H23ClN6O4S/c22-16-3-5-17(6-4-16)24-13-14-26-21-20(2-1-12-25-21)27(15-11-23)33(31,32)19-9-7-18(8-10-19)28(29)30/h1-10,12,24H,11,13-15,23H2,(H,25,26). The molecule has 0 fully saturated rings. The Morgan fingerprint density at radius 2 is 1.70 bits per heavy atom. The van der Waals surface area contributed by atoms with Gasteiger partial charge < -0.3 is 16.4 Å². The van der Waals surface area contributed by atoms with Crippen LogP contribution in [-0.2, 0) is 10.0 Å². The zero-order valence-electron chi connectivity index (χ0n) is 17.5. The minimum absolute atomic E-state index is 0.00270. The number of sulfonamides is 1. The van der Waals surface area contributed by atoms with Crippen LogP contribution >= 0.6 is 11.6 Å². The van der Waals surface area contributed by atoms with Crippen LogP contribution < -0.4 is 20.7 Å². The summed E-state index contributed by atoms with van der Waals surface area (Å²) in [6, 6.07) is 15.2. The summed E-state index contributed by atoms with van der Waals surface area (Å²) in [5.74, 6) is 0.370. The number of nitrogens with one attached hydrogen (secondary N) is 2. The Morgan fingerprint density at radius 1 is 1.03 bits per heavy atom. The van der Waals surface area contributed by atoms with Gasteiger partial charge in [-0.25, -0.2) is 13.4 Å². The van der Waals surface area contributed by atoms with Crippen molar-refractivity contribution in [1.82, 2.24) is 4.98 Å². The summed E-state index contributed by atoms with van der Waals surface area (Å²) in [7, 11) is -4.04. The Kier molecular flexibility index (Phi) is 8.04. The molecule has 0 atom stereocenters. The summed E-state index contributed by atoms with van der Waals surface area (Å²) in [4.78, 5) is 14.5. The lowest BCUT2D eigenvalue weighted by Crippen LogP contribution is -2.36. The minimum atomic E-state index is -4.04. The van der Waals surface area contributed by atoms with Crippen LogP contribution in [0.2, 0.25) is 5.02 Å². The molecule has 4 N–H and O–H groups in total. The number of aromatic nitrogens is 1. The highest BCUT2D eigenvalue weighted by Gasteiger charge is 2.27. The van der Waals surface area contributed by atoms with Crippen LogP contribution in [0.5, 0.6) is 0 Å². The molecule has 0 aliphatic heterocycles. The van der Waals surface area contributed by atoms with Crippen LogP contribution in [0.3, 0.4) is 0 Å². The van der Waals surface area contributed by atoms with Crippen molar-refractivity contribution in [2.45, 2.75) is 4.90 Å². The number of nitro groups is 1.